The van der Waals surface area contributed by atoms with Crippen molar-refractivity contribution in [3.8, 4) is 0 Å². The zero-order valence-electron chi connectivity index (χ0n) is 7.34. The van der Waals surface area contributed by atoms with E-state index in [0.717, 1.165) is 0 Å². The number of amides is 1. The van der Waals surface area contributed by atoms with Crippen LogP contribution in [0.25, 0.3) is 5.78 Å². The summed E-state index contributed by atoms with van der Waals surface area (Å²) >= 11 is 0. The quantitative estimate of drug-likeness (QED) is 0.658. The molecule has 0 spiro atoms. The fraction of sp³-hybridized carbons (Fsp3) is 0.125. The van der Waals surface area contributed by atoms with Gasteiger partial charge in [-0.2, -0.15) is 4.98 Å². The first kappa shape index (κ1) is 8.49. The van der Waals surface area contributed by atoms with Gasteiger partial charge in [-0.25, -0.2) is 4.98 Å². The minimum absolute atomic E-state index is 0.146. The number of rotatable bonds is 2. The van der Waals surface area contributed by atoms with Gasteiger partial charge in [-0.1, -0.05) is 0 Å². The Bertz CT molecular complexity index is 489. The highest BCUT2D eigenvalue weighted by atomic mass is 16.1. The number of fused-ring (bicyclic) bond motifs is 1. The van der Waals surface area contributed by atoms with Crippen molar-refractivity contribution in [2.75, 3.05) is 5.73 Å². The maximum absolute atomic E-state index is 10.7. The lowest BCUT2D eigenvalue weighted by Crippen LogP contribution is -2.14. The average molecular weight is 191 g/mol. The van der Waals surface area contributed by atoms with Crippen LogP contribution in [-0.4, -0.2) is 20.3 Å². The van der Waals surface area contributed by atoms with Crippen molar-refractivity contribution in [1.29, 1.82) is 0 Å². The molecule has 72 valence electrons. The number of nitrogen functional groups attached to an aromatic ring is 1. The molecule has 0 aliphatic heterocycles. The second-order valence-corrected chi connectivity index (χ2v) is 2.92. The molecule has 2 heterocycles. The molecule has 0 saturated heterocycles. The van der Waals surface area contributed by atoms with Gasteiger partial charge in [0, 0.05) is 6.20 Å². The van der Waals surface area contributed by atoms with Gasteiger partial charge < -0.3 is 11.5 Å². The predicted octanol–water partition coefficient (Wildman–Crippen LogP) is -0.661. The molecule has 0 atom stereocenters. The number of aromatic nitrogens is 3. The Morgan fingerprint density at radius 1 is 1.57 bits per heavy atom. The van der Waals surface area contributed by atoms with Crippen LogP contribution >= 0.6 is 0 Å². The highest BCUT2D eigenvalue weighted by Crippen LogP contribution is 2.06. The summed E-state index contributed by atoms with van der Waals surface area (Å²) in [7, 11) is 0. The number of carbonyl (C=O) groups excluding carboxylic acids is 1. The third-order valence-corrected chi connectivity index (χ3v) is 1.83. The van der Waals surface area contributed by atoms with Gasteiger partial charge in [-0.05, 0) is 6.07 Å². The van der Waals surface area contributed by atoms with Gasteiger partial charge in [0.2, 0.25) is 11.7 Å². The van der Waals surface area contributed by atoms with Gasteiger partial charge in [0.25, 0.3) is 0 Å². The summed E-state index contributed by atoms with van der Waals surface area (Å²) in [6.45, 7) is 0. The van der Waals surface area contributed by atoms with Gasteiger partial charge in [-0.15, -0.1) is 0 Å². The number of hydrogen-bond acceptors (Lipinski definition) is 4. The van der Waals surface area contributed by atoms with Gasteiger partial charge in [-0.3, -0.25) is 9.20 Å². The summed E-state index contributed by atoms with van der Waals surface area (Å²) in [5.74, 6) is 0.471. The van der Waals surface area contributed by atoms with Crippen molar-refractivity contribution in [3.05, 3.63) is 24.2 Å². The number of nitrogens with two attached hydrogens (primary N) is 2. The van der Waals surface area contributed by atoms with Crippen molar-refractivity contribution < 1.29 is 4.79 Å². The van der Waals surface area contributed by atoms with E-state index in [-0.39, 0.29) is 6.42 Å². The Hall–Kier alpha value is -2.11. The summed E-state index contributed by atoms with van der Waals surface area (Å²) in [5, 5.41) is 0. The minimum Gasteiger partial charge on any atom is -0.384 e. The molecule has 0 aromatic carbocycles. The number of primary amides is 1. The zero-order valence-corrected chi connectivity index (χ0v) is 7.34. The largest absolute Gasteiger partial charge is 0.384 e. The molecule has 4 N–H and O–H groups in total. The van der Waals surface area contributed by atoms with E-state index in [4.69, 9.17) is 11.5 Å². The molecular formula is C8H9N5O. The second kappa shape index (κ2) is 2.99. The lowest BCUT2D eigenvalue weighted by atomic mass is 10.3. The molecule has 2 aromatic rings. The number of hydrogen-bond donors (Lipinski definition) is 2. The lowest BCUT2D eigenvalue weighted by molar-refractivity contribution is -0.117. The maximum atomic E-state index is 10.7. The van der Waals surface area contributed by atoms with Crippen LogP contribution in [0.2, 0.25) is 0 Å². The van der Waals surface area contributed by atoms with E-state index in [2.05, 4.69) is 9.97 Å². The fourth-order valence-corrected chi connectivity index (χ4v) is 1.24. The molecule has 14 heavy (non-hydrogen) atoms. The van der Waals surface area contributed by atoms with E-state index in [1.54, 1.807) is 22.9 Å². The molecule has 0 radical (unpaired) electrons. The average Bonchev–Trinajstić information content (AvgIpc) is 2.47. The van der Waals surface area contributed by atoms with Crippen LogP contribution in [0.5, 0.6) is 0 Å². The van der Waals surface area contributed by atoms with Gasteiger partial charge >= 0.3 is 0 Å². The Morgan fingerprint density at radius 3 is 3.07 bits per heavy atom. The van der Waals surface area contributed by atoms with Crippen molar-refractivity contribution in [2.24, 2.45) is 5.73 Å². The van der Waals surface area contributed by atoms with E-state index in [1.807, 2.05) is 0 Å². The lowest BCUT2D eigenvalue weighted by Gasteiger charge is -1.98. The predicted molar refractivity (Wildman–Crippen MR) is 50.3 cm³/mol. The molecule has 0 unspecified atom stereocenters. The summed E-state index contributed by atoms with van der Waals surface area (Å²) in [6, 6.07) is 1.64. The Morgan fingerprint density at radius 2 is 2.36 bits per heavy atom. The summed E-state index contributed by atoms with van der Waals surface area (Å²) in [4.78, 5) is 18.7. The molecule has 0 saturated carbocycles. The standard InChI is InChI=1S/C8H9N5O/c9-6-1-2-13-5(3-7(10)14)4-11-8(13)12-6/h1-2,4H,3H2,(H2,10,14)(H2,9,11,12). The summed E-state index contributed by atoms with van der Waals surface area (Å²) in [6.07, 6.45) is 3.42. The molecule has 2 rings (SSSR count). The number of carbonyl (C=O) groups is 1. The van der Waals surface area contributed by atoms with E-state index >= 15 is 0 Å². The Labute approximate surface area is 79.6 Å². The molecule has 6 heteroatoms. The first-order valence-electron chi connectivity index (χ1n) is 4.03. The first-order valence-corrected chi connectivity index (χ1v) is 4.03. The highest BCUT2D eigenvalue weighted by Gasteiger charge is 2.06. The van der Waals surface area contributed by atoms with Crippen LogP contribution in [0.3, 0.4) is 0 Å². The van der Waals surface area contributed by atoms with E-state index in [0.29, 0.717) is 17.3 Å². The minimum atomic E-state index is -0.399. The molecule has 0 fully saturated rings. The van der Waals surface area contributed by atoms with Gasteiger partial charge in [0.1, 0.15) is 5.82 Å². The number of nitrogens with zero attached hydrogens (tertiary/aromatic N) is 3. The van der Waals surface area contributed by atoms with Crippen molar-refractivity contribution >= 4 is 17.5 Å². The van der Waals surface area contributed by atoms with Gasteiger partial charge in [0.15, 0.2) is 0 Å². The third kappa shape index (κ3) is 1.37. The van der Waals surface area contributed by atoms with Crippen LogP contribution < -0.4 is 11.5 Å². The van der Waals surface area contributed by atoms with E-state index < -0.39 is 5.91 Å². The Kier molecular flexibility index (Phi) is 1.81. The van der Waals surface area contributed by atoms with Crippen LogP contribution in [0.1, 0.15) is 5.69 Å². The smallest absolute Gasteiger partial charge is 0.235 e. The Balaban J connectivity index is 2.52. The fourth-order valence-electron chi connectivity index (χ4n) is 1.24. The van der Waals surface area contributed by atoms with Crippen LogP contribution in [-0.2, 0) is 11.2 Å². The normalized spacial score (nSPS) is 10.6. The molecule has 0 aliphatic carbocycles. The molecule has 2 aromatic heterocycles. The topological polar surface area (TPSA) is 99.3 Å². The number of anilines is 1. The molecular weight excluding hydrogens is 182 g/mol. The van der Waals surface area contributed by atoms with Crippen LogP contribution in [0, 0.1) is 0 Å². The van der Waals surface area contributed by atoms with Crippen LogP contribution in [0.15, 0.2) is 18.5 Å². The molecule has 0 bridgehead atoms. The first-order chi connectivity index (χ1) is 6.66. The van der Waals surface area contributed by atoms with E-state index in [1.165, 1.54) is 0 Å². The third-order valence-electron chi connectivity index (χ3n) is 1.83. The monoisotopic (exact) mass is 191 g/mol. The van der Waals surface area contributed by atoms with Crippen molar-refractivity contribution in [1.82, 2.24) is 14.4 Å². The van der Waals surface area contributed by atoms with Crippen LogP contribution in [0.4, 0.5) is 5.82 Å². The SMILES string of the molecule is NC(=O)Cc1cnc2nc(N)ccn12. The second-order valence-electron chi connectivity index (χ2n) is 2.92. The van der Waals surface area contributed by atoms with Gasteiger partial charge in [0.05, 0.1) is 18.3 Å². The van der Waals surface area contributed by atoms with Crippen molar-refractivity contribution in [3.63, 3.8) is 0 Å². The highest BCUT2D eigenvalue weighted by molar-refractivity contribution is 5.76. The maximum Gasteiger partial charge on any atom is 0.235 e. The molecule has 1 amide bonds. The van der Waals surface area contributed by atoms with Crippen molar-refractivity contribution in [2.45, 2.75) is 6.42 Å². The zero-order chi connectivity index (χ0) is 10.1. The number of imidazole rings is 1. The molecule has 6 nitrogen and oxygen atoms in total. The summed E-state index contributed by atoms with van der Waals surface area (Å²) < 4.78 is 1.68. The summed E-state index contributed by atoms with van der Waals surface area (Å²) in [5.41, 5.74) is 11.3. The molecule has 0 aliphatic rings. The van der Waals surface area contributed by atoms with E-state index in [9.17, 15) is 4.79 Å².